The van der Waals surface area contributed by atoms with Gasteiger partial charge in [0.15, 0.2) is 5.82 Å². The van der Waals surface area contributed by atoms with Crippen molar-refractivity contribution in [2.24, 2.45) is 5.92 Å². The van der Waals surface area contributed by atoms with E-state index in [1.54, 1.807) is 4.68 Å². The van der Waals surface area contributed by atoms with Gasteiger partial charge in [0.05, 0.1) is 11.8 Å². The maximum atomic E-state index is 10.2. The second-order valence-electron chi connectivity index (χ2n) is 5.51. The Labute approximate surface area is 118 Å². The van der Waals surface area contributed by atoms with Gasteiger partial charge in [-0.15, -0.1) is 5.10 Å². The molecule has 5 nitrogen and oxygen atoms in total. The third-order valence-electron chi connectivity index (χ3n) is 4.10. The number of aliphatic hydroxyl groups excluding tert-OH is 1. The van der Waals surface area contributed by atoms with Gasteiger partial charge in [-0.05, 0) is 41.3 Å². The lowest BCUT2D eigenvalue weighted by molar-refractivity contribution is 0.0992. The van der Waals surface area contributed by atoms with Gasteiger partial charge in [-0.2, -0.15) is 4.68 Å². The van der Waals surface area contributed by atoms with Crippen molar-refractivity contribution in [1.82, 2.24) is 20.2 Å². The van der Waals surface area contributed by atoms with Gasteiger partial charge in [0, 0.05) is 6.42 Å². The molecule has 0 amide bonds. The summed E-state index contributed by atoms with van der Waals surface area (Å²) < 4.78 is 1.78. The Balaban J connectivity index is 1.80. The van der Waals surface area contributed by atoms with Crippen molar-refractivity contribution in [3.05, 3.63) is 36.2 Å². The summed E-state index contributed by atoms with van der Waals surface area (Å²) >= 11 is 0. The van der Waals surface area contributed by atoms with E-state index in [0.29, 0.717) is 0 Å². The Bertz CT molecular complexity index is 540. The number of rotatable bonds is 3. The number of nitrogens with zero attached hydrogens (tertiary/aromatic N) is 4. The molecule has 1 aliphatic rings. The maximum Gasteiger partial charge on any atom is 0.157 e. The fourth-order valence-electron chi connectivity index (χ4n) is 2.94. The Morgan fingerprint density at radius 2 is 1.90 bits per heavy atom. The van der Waals surface area contributed by atoms with Crippen molar-refractivity contribution in [3.8, 4) is 5.69 Å². The molecular formula is C15H20N4O. The first-order valence-electron chi connectivity index (χ1n) is 7.35. The Hall–Kier alpha value is -1.75. The predicted molar refractivity (Wildman–Crippen MR) is 75.4 cm³/mol. The summed E-state index contributed by atoms with van der Waals surface area (Å²) in [4.78, 5) is 0. The lowest BCUT2D eigenvalue weighted by Crippen LogP contribution is -2.22. The van der Waals surface area contributed by atoms with Crippen LogP contribution >= 0.6 is 0 Å². The molecule has 0 bridgehead atoms. The average Bonchev–Trinajstić information content (AvgIpc) is 2.85. The van der Waals surface area contributed by atoms with Gasteiger partial charge < -0.3 is 5.11 Å². The highest BCUT2D eigenvalue weighted by atomic mass is 16.3. The van der Waals surface area contributed by atoms with Crippen molar-refractivity contribution in [3.63, 3.8) is 0 Å². The molecule has 1 aliphatic carbocycles. The highest BCUT2D eigenvalue weighted by Gasteiger charge is 2.24. The first-order chi connectivity index (χ1) is 9.84. The fraction of sp³-hybridized carbons (Fsp3) is 0.533. The van der Waals surface area contributed by atoms with E-state index in [1.165, 1.54) is 12.8 Å². The Morgan fingerprint density at radius 3 is 2.75 bits per heavy atom. The number of aromatic nitrogens is 4. The molecule has 2 atom stereocenters. The van der Waals surface area contributed by atoms with Gasteiger partial charge in [-0.25, -0.2) is 0 Å². The van der Waals surface area contributed by atoms with Crippen LogP contribution in [-0.2, 0) is 6.42 Å². The highest BCUT2D eigenvalue weighted by molar-refractivity contribution is 5.30. The Kier molecular flexibility index (Phi) is 4.06. The monoisotopic (exact) mass is 272 g/mol. The minimum absolute atomic E-state index is 0.224. The zero-order chi connectivity index (χ0) is 13.8. The summed E-state index contributed by atoms with van der Waals surface area (Å²) in [5.74, 6) is 1.10. The van der Waals surface area contributed by atoms with E-state index in [1.807, 2.05) is 30.3 Å². The topological polar surface area (TPSA) is 63.8 Å². The molecule has 0 saturated heterocycles. The van der Waals surface area contributed by atoms with Crippen LogP contribution in [0.4, 0.5) is 0 Å². The van der Waals surface area contributed by atoms with Crippen LogP contribution < -0.4 is 0 Å². The number of benzene rings is 1. The molecule has 1 aromatic carbocycles. The molecule has 0 radical (unpaired) electrons. The molecule has 1 fully saturated rings. The highest BCUT2D eigenvalue weighted by Crippen LogP contribution is 2.26. The summed E-state index contributed by atoms with van der Waals surface area (Å²) in [7, 11) is 0. The molecule has 1 saturated carbocycles. The van der Waals surface area contributed by atoms with Crippen molar-refractivity contribution in [2.75, 3.05) is 0 Å². The van der Waals surface area contributed by atoms with E-state index >= 15 is 0 Å². The van der Waals surface area contributed by atoms with Gasteiger partial charge >= 0.3 is 0 Å². The summed E-state index contributed by atoms with van der Waals surface area (Å²) in [5, 5.41) is 22.2. The molecule has 1 N–H and O–H groups in total. The number of aliphatic hydroxyl groups is 1. The zero-order valence-corrected chi connectivity index (χ0v) is 11.5. The van der Waals surface area contributed by atoms with Gasteiger partial charge in [0.1, 0.15) is 0 Å². The summed E-state index contributed by atoms with van der Waals surface area (Å²) in [6.07, 6.45) is 6.01. The molecule has 0 aliphatic heterocycles. The van der Waals surface area contributed by atoms with Gasteiger partial charge in [-0.1, -0.05) is 37.5 Å². The van der Waals surface area contributed by atoms with Crippen LogP contribution in [0, 0.1) is 5.92 Å². The van der Waals surface area contributed by atoms with Crippen LogP contribution in [0.25, 0.3) is 5.69 Å². The van der Waals surface area contributed by atoms with E-state index in [0.717, 1.165) is 37.2 Å². The predicted octanol–water partition coefficient (Wildman–Crippen LogP) is 2.15. The maximum absolute atomic E-state index is 10.2. The molecule has 2 unspecified atom stereocenters. The number of hydrogen-bond donors (Lipinski definition) is 1. The molecule has 1 aromatic heterocycles. The SMILES string of the molecule is OC1CCCCCC1Cc1nnnn1-c1ccccc1. The molecule has 0 spiro atoms. The number of para-hydroxylation sites is 1. The molecule has 20 heavy (non-hydrogen) atoms. The molecular weight excluding hydrogens is 252 g/mol. The van der Waals surface area contributed by atoms with Crippen LogP contribution in [0.2, 0.25) is 0 Å². The quantitative estimate of drug-likeness (QED) is 0.870. The summed E-state index contributed by atoms with van der Waals surface area (Å²) in [5.41, 5.74) is 0.968. The first kappa shape index (κ1) is 13.2. The standard InChI is InChI=1S/C15H20N4O/c20-14-10-6-1-3-7-12(14)11-15-16-17-18-19(15)13-8-4-2-5-9-13/h2,4-5,8-9,12,14,20H,1,3,6-7,10-11H2. The van der Waals surface area contributed by atoms with Crippen LogP contribution in [0.3, 0.4) is 0 Å². The normalized spacial score (nSPS) is 23.4. The third-order valence-corrected chi connectivity index (χ3v) is 4.10. The van der Waals surface area contributed by atoms with E-state index in [-0.39, 0.29) is 12.0 Å². The third kappa shape index (κ3) is 2.88. The molecule has 5 heteroatoms. The number of tetrazole rings is 1. The average molecular weight is 272 g/mol. The molecule has 1 heterocycles. The first-order valence-corrected chi connectivity index (χ1v) is 7.35. The summed E-state index contributed by atoms with van der Waals surface area (Å²) in [6.45, 7) is 0. The second kappa shape index (κ2) is 6.13. The van der Waals surface area contributed by atoms with Gasteiger partial charge in [-0.3, -0.25) is 0 Å². The van der Waals surface area contributed by atoms with Crippen molar-refractivity contribution in [2.45, 2.75) is 44.6 Å². The lowest BCUT2D eigenvalue weighted by Gasteiger charge is -2.19. The van der Waals surface area contributed by atoms with Gasteiger partial charge in [0.25, 0.3) is 0 Å². The minimum Gasteiger partial charge on any atom is -0.393 e. The van der Waals surface area contributed by atoms with Crippen LogP contribution in [0.15, 0.2) is 30.3 Å². The van der Waals surface area contributed by atoms with Crippen LogP contribution in [0.5, 0.6) is 0 Å². The number of hydrogen-bond acceptors (Lipinski definition) is 4. The van der Waals surface area contributed by atoms with Gasteiger partial charge in [0.2, 0.25) is 0 Å². The van der Waals surface area contributed by atoms with E-state index in [2.05, 4.69) is 15.5 Å². The fourth-order valence-corrected chi connectivity index (χ4v) is 2.94. The largest absolute Gasteiger partial charge is 0.393 e. The van der Waals surface area contributed by atoms with Crippen molar-refractivity contribution >= 4 is 0 Å². The lowest BCUT2D eigenvalue weighted by atomic mass is 9.93. The zero-order valence-electron chi connectivity index (χ0n) is 11.5. The van der Waals surface area contributed by atoms with E-state index in [4.69, 9.17) is 0 Å². The second-order valence-corrected chi connectivity index (χ2v) is 5.51. The summed E-state index contributed by atoms with van der Waals surface area (Å²) in [6, 6.07) is 9.90. The van der Waals surface area contributed by atoms with Crippen LogP contribution in [0.1, 0.15) is 37.9 Å². The van der Waals surface area contributed by atoms with Crippen molar-refractivity contribution < 1.29 is 5.11 Å². The molecule has 106 valence electrons. The minimum atomic E-state index is -0.224. The Morgan fingerprint density at radius 1 is 1.10 bits per heavy atom. The van der Waals surface area contributed by atoms with E-state index in [9.17, 15) is 5.11 Å². The molecule has 3 rings (SSSR count). The van der Waals surface area contributed by atoms with Crippen molar-refractivity contribution in [1.29, 1.82) is 0 Å². The van der Waals surface area contributed by atoms with E-state index < -0.39 is 0 Å². The smallest absolute Gasteiger partial charge is 0.157 e. The molecule has 2 aromatic rings. The van der Waals surface area contributed by atoms with Crippen LogP contribution in [-0.4, -0.2) is 31.4 Å².